The summed E-state index contributed by atoms with van der Waals surface area (Å²) in [4.78, 5) is 23.7. The summed E-state index contributed by atoms with van der Waals surface area (Å²) in [5.41, 5.74) is 3.09. The Morgan fingerprint density at radius 3 is 2.96 bits per heavy atom. The van der Waals surface area contributed by atoms with Crippen molar-refractivity contribution in [1.82, 2.24) is 14.9 Å². The monoisotopic (exact) mass is 339 g/mol. The van der Waals surface area contributed by atoms with Crippen molar-refractivity contribution in [3.05, 3.63) is 58.9 Å². The van der Waals surface area contributed by atoms with Gasteiger partial charge in [0.15, 0.2) is 0 Å². The molecule has 0 saturated carbocycles. The molecule has 5 heteroatoms. The summed E-state index contributed by atoms with van der Waals surface area (Å²) in [5.74, 6) is 1.78. The van der Waals surface area contributed by atoms with Gasteiger partial charge in [-0.05, 0) is 35.6 Å². The van der Waals surface area contributed by atoms with Crippen LogP contribution in [0, 0.1) is 11.7 Å². The van der Waals surface area contributed by atoms with Crippen LogP contribution in [0.3, 0.4) is 0 Å². The van der Waals surface area contributed by atoms with Crippen LogP contribution in [-0.2, 0) is 17.6 Å². The summed E-state index contributed by atoms with van der Waals surface area (Å²) >= 11 is 0. The molecular formula is C20H22FN3O. The molecule has 0 bridgehead atoms. The molecule has 130 valence electrons. The molecule has 1 aromatic heterocycles. The maximum atomic E-state index is 13.3. The second kappa shape index (κ2) is 6.21. The Morgan fingerprint density at radius 2 is 2.20 bits per heavy atom. The number of fused-ring (bicyclic) bond motifs is 3. The van der Waals surface area contributed by atoms with Crippen molar-refractivity contribution in [3.8, 4) is 0 Å². The molecule has 4 rings (SSSR count). The van der Waals surface area contributed by atoms with Gasteiger partial charge in [0, 0.05) is 36.8 Å². The Morgan fingerprint density at radius 1 is 1.36 bits per heavy atom. The average molecular weight is 339 g/mol. The number of hydrogen-bond acceptors (Lipinski definition) is 3. The van der Waals surface area contributed by atoms with Crippen LogP contribution < -0.4 is 0 Å². The molecule has 1 saturated heterocycles. The highest BCUT2D eigenvalue weighted by molar-refractivity contribution is 5.79. The van der Waals surface area contributed by atoms with Crippen LogP contribution in [0.1, 0.15) is 48.3 Å². The minimum Gasteiger partial charge on any atom is -0.341 e. The molecule has 1 fully saturated rings. The Kier molecular flexibility index (Phi) is 4.02. The third kappa shape index (κ3) is 3.03. The molecule has 0 radical (unpaired) electrons. The highest BCUT2D eigenvalue weighted by Crippen LogP contribution is 2.42. The number of carbonyl (C=O) groups is 1. The first-order valence-corrected chi connectivity index (χ1v) is 8.89. The Bertz CT molecular complexity index is 820. The third-order valence-corrected chi connectivity index (χ3v) is 5.33. The SMILES string of the molecule is CC(C)c1ncc2c(n1)CC1CN(C(=O)Cc3cccc(F)c3)CC21. The predicted molar refractivity (Wildman–Crippen MR) is 92.7 cm³/mol. The van der Waals surface area contributed by atoms with Crippen LogP contribution >= 0.6 is 0 Å². The fourth-order valence-electron chi connectivity index (χ4n) is 4.01. The summed E-state index contributed by atoms with van der Waals surface area (Å²) in [6.07, 6.45) is 3.14. The second-order valence-corrected chi connectivity index (χ2v) is 7.46. The number of benzene rings is 1. The van der Waals surface area contributed by atoms with Gasteiger partial charge in [-0.3, -0.25) is 4.79 Å². The Labute approximate surface area is 147 Å². The molecule has 1 aliphatic heterocycles. The number of amides is 1. The van der Waals surface area contributed by atoms with Gasteiger partial charge in [0.1, 0.15) is 11.6 Å². The molecular weight excluding hydrogens is 317 g/mol. The summed E-state index contributed by atoms with van der Waals surface area (Å²) in [6, 6.07) is 6.28. The van der Waals surface area contributed by atoms with Crippen molar-refractivity contribution >= 4 is 5.91 Å². The van der Waals surface area contributed by atoms with Crippen molar-refractivity contribution in [2.75, 3.05) is 13.1 Å². The van der Waals surface area contributed by atoms with Crippen molar-refractivity contribution < 1.29 is 9.18 Å². The van der Waals surface area contributed by atoms with Gasteiger partial charge >= 0.3 is 0 Å². The fraction of sp³-hybridized carbons (Fsp3) is 0.450. The number of aromatic nitrogens is 2. The van der Waals surface area contributed by atoms with E-state index in [9.17, 15) is 9.18 Å². The molecule has 2 atom stereocenters. The van der Waals surface area contributed by atoms with E-state index in [4.69, 9.17) is 4.98 Å². The maximum Gasteiger partial charge on any atom is 0.227 e. The number of halogens is 1. The number of nitrogens with zero attached hydrogens (tertiary/aromatic N) is 3. The molecule has 1 amide bonds. The van der Waals surface area contributed by atoms with Gasteiger partial charge in [-0.1, -0.05) is 26.0 Å². The van der Waals surface area contributed by atoms with Gasteiger partial charge in [-0.15, -0.1) is 0 Å². The van der Waals surface area contributed by atoms with Gasteiger partial charge < -0.3 is 4.90 Å². The largest absolute Gasteiger partial charge is 0.341 e. The Hall–Kier alpha value is -2.30. The molecule has 1 aliphatic carbocycles. The average Bonchev–Trinajstić information content (AvgIpc) is 3.11. The first-order valence-electron chi connectivity index (χ1n) is 8.89. The maximum absolute atomic E-state index is 13.3. The van der Waals surface area contributed by atoms with Crippen LogP contribution in [0.5, 0.6) is 0 Å². The number of hydrogen-bond donors (Lipinski definition) is 0. The molecule has 1 aromatic carbocycles. The van der Waals surface area contributed by atoms with E-state index < -0.39 is 0 Å². The van der Waals surface area contributed by atoms with Crippen LogP contribution in [0.4, 0.5) is 4.39 Å². The number of rotatable bonds is 3. The zero-order chi connectivity index (χ0) is 17.6. The predicted octanol–water partition coefficient (Wildman–Crippen LogP) is 3.08. The standard InChI is InChI=1S/C20H22FN3O/c1-12(2)20-22-9-16-17-11-24(10-14(17)8-18(16)23-20)19(25)7-13-4-3-5-15(21)6-13/h3-6,9,12,14,17H,7-8,10-11H2,1-2H3. The van der Waals surface area contributed by atoms with E-state index in [2.05, 4.69) is 18.8 Å². The van der Waals surface area contributed by atoms with Crippen molar-refractivity contribution in [2.24, 2.45) is 5.92 Å². The van der Waals surface area contributed by atoms with E-state index in [-0.39, 0.29) is 18.1 Å². The number of likely N-dealkylation sites (tertiary alicyclic amines) is 1. The second-order valence-electron chi connectivity index (χ2n) is 7.46. The first-order chi connectivity index (χ1) is 12.0. The van der Waals surface area contributed by atoms with Gasteiger partial charge in [-0.2, -0.15) is 0 Å². The van der Waals surface area contributed by atoms with Crippen molar-refractivity contribution in [1.29, 1.82) is 0 Å². The molecule has 0 N–H and O–H groups in total. The lowest BCUT2D eigenvalue weighted by Crippen LogP contribution is -2.31. The normalized spacial score (nSPS) is 21.5. The minimum absolute atomic E-state index is 0.0706. The van der Waals surface area contributed by atoms with Crippen LogP contribution in [0.25, 0.3) is 0 Å². The first kappa shape index (κ1) is 16.2. The lowest BCUT2D eigenvalue weighted by molar-refractivity contribution is -0.129. The van der Waals surface area contributed by atoms with Crippen LogP contribution in [0.15, 0.2) is 30.5 Å². The van der Waals surface area contributed by atoms with E-state index >= 15 is 0 Å². The molecule has 2 aromatic rings. The van der Waals surface area contributed by atoms with Gasteiger partial charge in [0.2, 0.25) is 5.91 Å². The molecule has 2 aliphatic rings. The van der Waals surface area contributed by atoms with E-state index in [0.29, 0.717) is 17.8 Å². The van der Waals surface area contributed by atoms with Gasteiger partial charge in [0.05, 0.1) is 6.42 Å². The molecule has 2 unspecified atom stereocenters. The van der Waals surface area contributed by atoms with E-state index in [1.165, 1.54) is 17.7 Å². The summed E-state index contributed by atoms with van der Waals surface area (Å²) in [6.45, 7) is 5.68. The van der Waals surface area contributed by atoms with Crippen molar-refractivity contribution in [2.45, 2.75) is 38.5 Å². The highest BCUT2D eigenvalue weighted by Gasteiger charge is 2.42. The molecule has 2 heterocycles. The number of carbonyl (C=O) groups excluding carboxylic acids is 1. The topological polar surface area (TPSA) is 46.1 Å². The summed E-state index contributed by atoms with van der Waals surface area (Å²) in [5, 5.41) is 0. The highest BCUT2D eigenvalue weighted by atomic mass is 19.1. The molecule has 25 heavy (non-hydrogen) atoms. The van der Waals surface area contributed by atoms with E-state index in [0.717, 1.165) is 36.6 Å². The summed E-state index contributed by atoms with van der Waals surface area (Å²) in [7, 11) is 0. The van der Waals surface area contributed by atoms with E-state index in [1.54, 1.807) is 12.1 Å². The van der Waals surface area contributed by atoms with Crippen LogP contribution in [-0.4, -0.2) is 33.9 Å². The molecule has 0 spiro atoms. The summed E-state index contributed by atoms with van der Waals surface area (Å²) < 4.78 is 13.3. The smallest absolute Gasteiger partial charge is 0.227 e. The van der Waals surface area contributed by atoms with Gasteiger partial charge in [-0.25, -0.2) is 14.4 Å². The van der Waals surface area contributed by atoms with E-state index in [1.807, 2.05) is 11.1 Å². The zero-order valence-corrected chi connectivity index (χ0v) is 14.6. The zero-order valence-electron chi connectivity index (χ0n) is 14.6. The van der Waals surface area contributed by atoms with Crippen molar-refractivity contribution in [3.63, 3.8) is 0 Å². The quantitative estimate of drug-likeness (QED) is 0.863. The third-order valence-electron chi connectivity index (χ3n) is 5.33. The lowest BCUT2D eigenvalue weighted by Gasteiger charge is -2.18. The Balaban J connectivity index is 1.46. The minimum atomic E-state index is -0.296. The van der Waals surface area contributed by atoms with Gasteiger partial charge in [0.25, 0.3) is 0 Å². The lowest BCUT2D eigenvalue weighted by atomic mass is 9.97. The molecule has 4 nitrogen and oxygen atoms in total. The van der Waals surface area contributed by atoms with Crippen LogP contribution in [0.2, 0.25) is 0 Å². The fourth-order valence-corrected chi connectivity index (χ4v) is 4.01.